The molecule has 0 saturated heterocycles. The van der Waals surface area contributed by atoms with Crippen LogP contribution in [-0.4, -0.2) is 50.0 Å². The van der Waals surface area contributed by atoms with Crippen LogP contribution in [0.4, 0.5) is 5.69 Å². The predicted octanol–water partition coefficient (Wildman–Crippen LogP) is 5.13. The average Bonchev–Trinajstić information content (AvgIpc) is 2.77. The van der Waals surface area contributed by atoms with Gasteiger partial charge in [-0.2, -0.15) is 0 Å². The van der Waals surface area contributed by atoms with Crippen LogP contribution in [0.25, 0.3) is 0 Å². The summed E-state index contributed by atoms with van der Waals surface area (Å²) in [5, 5.41) is 4.01. The van der Waals surface area contributed by atoms with Crippen LogP contribution < -0.4 is 9.62 Å². The van der Waals surface area contributed by atoms with E-state index in [-0.39, 0.29) is 24.2 Å². The summed E-state index contributed by atoms with van der Waals surface area (Å²) in [5.41, 5.74) is 0.822. The first-order chi connectivity index (χ1) is 16.4. The van der Waals surface area contributed by atoms with Gasteiger partial charge in [0, 0.05) is 27.7 Å². The summed E-state index contributed by atoms with van der Waals surface area (Å²) in [4.78, 5) is 28.1. The maximum Gasteiger partial charge on any atom is 0.244 e. The first-order valence-corrected chi connectivity index (χ1v) is 14.1. The zero-order chi connectivity index (χ0) is 26.3. The van der Waals surface area contributed by atoms with Gasteiger partial charge in [-0.05, 0) is 55.7 Å². The van der Waals surface area contributed by atoms with E-state index < -0.39 is 28.5 Å². The Labute approximate surface area is 222 Å². The van der Waals surface area contributed by atoms with Crippen LogP contribution in [0.1, 0.15) is 39.2 Å². The van der Waals surface area contributed by atoms with Crippen LogP contribution in [0.5, 0.6) is 0 Å². The Bertz CT molecular complexity index is 1160. The molecule has 2 aromatic rings. The van der Waals surface area contributed by atoms with Gasteiger partial charge in [0.15, 0.2) is 0 Å². The van der Waals surface area contributed by atoms with Crippen molar-refractivity contribution in [1.29, 1.82) is 0 Å². The first-order valence-electron chi connectivity index (χ1n) is 11.1. The minimum atomic E-state index is -3.84. The summed E-state index contributed by atoms with van der Waals surface area (Å²) >= 11 is 18.4. The molecule has 2 rings (SSSR count). The monoisotopic (exact) mass is 561 g/mol. The fourth-order valence-corrected chi connectivity index (χ4v) is 4.93. The van der Waals surface area contributed by atoms with Gasteiger partial charge in [-0.1, -0.05) is 60.8 Å². The summed E-state index contributed by atoms with van der Waals surface area (Å²) in [6, 6.07) is 10.1. The number of amides is 2. The molecule has 0 aliphatic heterocycles. The zero-order valence-electron chi connectivity index (χ0n) is 20.1. The number of halogens is 3. The summed E-state index contributed by atoms with van der Waals surface area (Å²) < 4.78 is 26.2. The summed E-state index contributed by atoms with van der Waals surface area (Å²) in [6.45, 7) is 5.08. The molecule has 0 radical (unpaired) electrons. The van der Waals surface area contributed by atoms with Crippen molar-refractivity contribution in [3.05, 3.63) is 63.1 Å². The Balaban J connectivity index is 2.48. The number of carbonyl (C=O) groups is 2. The molecule has 0 aliphatic rings. The van der Waals surface area contributed by atoms with E-state index in [0.717, 1.165) is 17.0 Å². The number of rotatable bonds is 11. The highest BCUT2D eigenvalue weighted by Gasteiger charge is 2.32. The SMILES string of the molecule is CCC(C)NC(=O)C(CC)N(Cc1ccc(Cl)cc1Cl)C(=O)CN(c1cccc(Cl)c1)S(C)(=O)=O. The van der Waals surface area contributed by atoms with Gasteiger partial charge in [-0.3, -0.25) is 13.9 Å². The number of nitrogens with one attached hydrogen (secondary N) is 1. The molecule has 192 valence electrons. The number of sulfonamides is 1. The average molecular weight is 563 g/mol. The Morgan fingerprint density at radius 3 is 2.20 bits per heavy atom. The third-order valence-electron chi connectivity index (χ3n) is 5.52. The number of anilines is 1. The van der Waals surface area contributed by atoms with Crippen LogP contribution in [0.2, 0.25) is 15.1 Å². The van der Waals surface area contributed by atoms with Crippen molar-refractivity contribution in [2.45, 2.75) is 52.2 Å². The standard InChI is InChI=1S/C24H30Cl3N3O4S/c1-5-16(3)28-24(32)22(6-2)29(14-17-10-11-19(26)13-21(17)27)23(31)15-30(35(4,33)34)20-9-7-8-18(25)12-20/h7-13,16,22H,5-6,14-15H2,1-4H3,(H,28,32). The quantitative estimate of drug-likeness (QED) is 0.411. The highest BCUT2D eigenvalue weighted by atomic mass is 35.5. The van der Waals surface area contributed by atoms with Crippen molar-refractivity contribution in [1.82, 2.24) is 10.2 Å². The van der Waals surface area contributed by atoms with E-state index in [1.54, 1.807) is 43.3 Å². The zero-order valence-corrected chi connectivity index (χ0v) is 23.2. The number of carbonyl (C=O) groups excluding carboxylic acids is 2. The maximum absolute atomic E-state index is 13.6. The molecule has 0 bridgehead atoms. The lowest BCUT2D eigenvalue weighted by Crippen LogP contribution is -2.53. The van der Waals surface area contributed by atoms with Gasteiger partial charge in [0.05, 0.1) is 11.9 Å². The van der Waals surface area contributed by atoms with Gasteiger partial charge >= 0.3 is 0 Å². The normalized spacial score (nSPS) is 13.1. The van der Waals surface area contributed by atoms with Crippen LogP contribution in [0.15, 0.2) is 42.5 Å². The van der Waals surface area contributed by atoms with Crippen molar-refractivity contribution < 1.29 is 18.0 Å². The topological polar surface area (TPSA) is 86.8 Å². The van der Waals surface area contributed by atoms with E-state index in [2.05, 4.69) is 5.32 Å². The van der Waals surface area contributed by atoms with Crippen LogP contribution in [-0.2, 0) is 26.2 Å². The van der Waals surface area contributed by atoms with Crippen molar-refractivity contribution in [2.24, 2.45) is 0 Å². The summed E-state index contributed by atoms with van der Waals surface area (Å²) in [5.74, 6) is -0.887. The summed E-state index contributed by atoms with van der Waals surface area (Å²) in [7, 11) is -3.84. The molecular weight excluding hydrogens is 533 g/mol. The highest BCUT2D eigenvalue weighted by molar-refractivity contribution is 7.92. The molecule has 0 heterocycles. The Morgan fingerprint density at radius 1 is 1.00 bits per heavy atom. The van der Waals surface area contributed by atoms with Crippen molar-refractivity contribution in [3.63, 3.8) is 0 Å². The van der Waals surface area contributed by atoms with E-state index in [9.17, 15) is 18.0 Å². The van der Waals surface area contributed by atoms with Gasteiger partial charge < -0.3 is 10.2 Å². The lowest BCUT2D eigenvalue weighted by Gasteiger charge is -2.33. The lowest BCUT2D eigenvalue weighted by molar-refractivity contribution is -0.140. The first kappa shape index (κ1) is 29.2. The molecule has 35 heavy (non-hydrogen) atoms. The third kappa shape index (κ3) is 8.27. The second kappa shape index (κ2) is 12.8. The molecule has 7 nitrogen and oxygen atoms in total. The van der Waals surface area contributed by atoms with E-state index in [0.29, 0.717) is 27.1 Å². The fraction of sp³-hybridized carbons (Fsp3) is 0.417. The molecule has 1 N–H and O–H groups in total. The predicted molar refractivity (Wildman–Crippen MR) is 143 cm³/mol. The van der Waals surface area contributed by atoms with E-state index in [1.165, 1.54) is 11.0 Å². The van der Waals surface area contributed by atoms with Crippen LogP contribution >= 0.6 is 34.8 Å². The number of hydrogen-bond acceptors (Lipinski definition) is 4. The number of hydrogen-bond donors (Lipinski definition) is 1. The molecule has 2 atom stereocenters. The van der Waals surface area contributed by atoms with Crippen molar-refractivity contribution in [3.8, 4) is 0 Å². The molecule has 0 saturated carbocycles. The molecule has 0 aromatic heterocycles. The molecule has 2 unspecified atom stereocenters. The smallest absolute Gasteiger partial charge is 0.244 e. The fourth-order valence-electron chi connectivity index (χ4n) is 3.44. The molecule has 0 aliphatic carbocycles. The van der Waals surface area contributed by atoms with Gasteiger partial charge in [0.1, 0.15) is 12.6 Å². The van der Waals surface area contributed by atoms with Gasteiger partial charge in [-0.15, -0.1) is 0 Å². The molecule has 0 fully saturated rings. The molecule has 2 amide bonds. The minimum Gasteiger partial charge on any atom is -0.352 e. The maximum atomic E-state index is 13.6. The van der Waals surface area contributed by atoms with E-state index >= 15 is 0 Å². The third-order valence-corrected chi connectivity index (χ3v) is 7.48. The second-order valence-electron chi connectivity index (χ2n) is 8.25. The lowest BCUT2D eigenvalue weighted by atomic mass is 10.1. The molecule has 0 spiro atoms. The van der Waals surface area contributed by atoms with Gasteiger partial charge in [-0.25, -0.2) is 8.42 Å². The number of nitrogens with zero attached hydrogens (tertiary/aromatic N) is 2. The van der Waals surface area contributed by atoms with Crippen LogP contribution in [0.3, 0.4) is 0 Å². The Kier molecular flexibility index (Phi) is 10.7. The highest BCUT2D eigenvalue weighted by Crippen LogP contribution is 2.26. The Morgan fingerprint density at radius 2 is 1.66 bits per heavy atom. The van der Waals surface area contributed by atoms with Crippen LogP contribution in [0, 0.1) is 0 Å². The van der Waals surface area contributed by atoms with Crippen molar-refractivity contribution >= 4 is 62.3 Å². The molecule has 11 heteroatoms. The van der Waals surface area contributed by atoms with Crippen molar-refractivity contribution in [2.75, 3.05) is 17.1 Å². The Hall–Kier alpha value is -2.00. The number of benzene rings is 2. The molecule has 2 aromatic carbocycles. The van der Waals surface area contributed by atoms with E-state index in [1.807, 2.05) is 13.8 Å². The van der Waals surface area contributed by atoms with Gasteiger partial charge in [0.25, 0.3) is 0 Å². The van der Waals surface area contributed by atoms with Gasteiger partial charge in [0.2, 0.25) is 21.8 Å². The minimum absolute atomic E-state index is 0.00554. The second-order valence-corrected chi connectivity index (χ2v) is 11.4. The largest absolute Gasteiger partial charge is 0.352 e. The molecular formula is C24H30Cl3N3O4S. The summed E-state index contributed by atoms with van der Waals surface area (Å²) in [6.07, 6.45) is 2.04. The van der Waals surface area contributed by atoms with E-state index in [4.69, 9.17) is 34.8 Å².